The molecule has 4 heterocycles. The number of ether oxygens (including phenoxy) is 1. The van der Waals surface area contributed by atoms with E-state index in [-0.39, 0.29) is 17.6 Å². The normalized spacial score (nSPS) is 22.8. The van der Waals surface area contributed by atoms with E-state index >= 15 is 0 Å². The molecule has 2 aliphatic rings. The monoisotopic (exact) mass is 378 g/mol. The average molecular weight is 378 g/mol. The quantitative estimate of drug-likeness (QED) is 0.797. The molecule has 2 saturated heterocycles. The van der Waals surface area contributed by atoms with Crippen molar-refractivity contribution in [2.75, 3.05) is 37.7 Å². The molecule has 2 atom stereocenters. The van der Waals surface area contributed by atoms with Crippen molar-refractivity contribution in [3.63, 3.8) is 0 Å². The van der Waals surface area contributed by atoms with Crippen LogP contribution in [-0.4, -0.2) is 69.4 Å². The average Bonchev–Trinajstić information content (AvgIpc) is 3.19. The highest BCUT2D eigenvalue weighted by molar-refractivity contribution is 5.95. The maximum atomic E-state index is 13.2. The van der Waals surface area contributed by atoms with Crippen LogP contribution in [0.15, 0.2) is 24.7 Å². The Kier molecular flexibility index (Phi) is 4.73. The second-order valence-corrected chi connectivity index (χ2v) is 6.78. The van der Waals surface area contributed by atoms with Crippen molar-refractivity contribution in [1.82, 2.24) is 24.6 Å². The molecule has 4 rings (SSSR count). The third-order valence-corrected chi connectivity index (χ3v) is 4.95. The minimum absolute atomic E-state index is 0.0489. The molecule has 0 aromatic carbocycles. The molecule has 0 unspecified atom stereocenters. The third kappa shape index (κ3) is 3.48. The van der Waals surface area contributed by atoms with Crippen LogP contribution in [0.25, 0.3) is 0 Å². The van der Waals surface area contributed by atoms with Gasteiger partial charge in [-0.25, -0.2) is 18.7 Å². The maximum absolute atomic E-state index is 13.2. The van der Waals surface area contributed by atoms with E-state index in [0.29, 0.717) is 38.7 Å². The summed E-state index contributed by atoms with van der Waals surface area (Å²) in [6.07, 6.45) is 1.80. The van der Waals surface area contributed by atoms with Gasteiger partial charge in [0.2, 0.25) is 5.95 Å². The summed E-state index contributed by atoms with van der Waals surface area (Å²) in [6, 6.07) is 1.76. The molecule has 0 bridgehead atoms. The first-order chi connectivity index (χ1) is 13.0. The Hall–Kier alpha value is -2.62. The second kappa shape index (κ2) is 7.18. The van der Waals surface area contributed by atoms with E-state index in [1.165, 1.54) is 17.9 Å². The van der Waals surface area contributed by atoms with Gasteiger partial charge in [-0.2, -0.15) is 5.10 Å². The molecule has 27 heavy (non-hydrogen) atoms. The predicted molar refractivity (Wildman–Crippen MR) is 91.5 cm³/mol. The van der Waals surface area contributed by atoms with Crippen molar-refractivity contribution in [1.29, 1.82) is 0 Å². The molecule has 2 aromatic rings. The fraction of sp³-hybridized carbons (Fsp3) is 0.529. The summed E-state index contributed by atoms with van der Waals surface area (Å²) in [7, 11) is 1.53. The van der Waals surface area contributed by atoms with Gasteiger partial charge >= 0.3 is 0 Å². The zero-order chi connectivity index (χ0) is 19.0. The number of carbonyl (C=O) groups excluding carboxylic acids is 1. The Bertz CT molecular complexity index is 815. The molecular weight excluding hydrogens is 358 g/mol. The summed E-state index contributed by atoms with van der Waals surface area (Å²) in [5.74, 6) is 0.253. The fourth-order valence-electron chi connectivity index (χ4n) is 3.70. The largest absolute Gasteiger partial charge is 0.374 e. The van der Waals surface area contributed by atoms with Crippen LogP contribution < -0.4 is 4.90 Å². The Balaban J connectivity index is 1.50. The molecule has 0 aliphatic carbocycles. The molecule has 2 fully saturated rings. The standard InChI is InChI=1S/C17H20F2N6O2/c1-23-9-12(14(22-23)15(18)19)16(26)25-8-11-7-24(5-6-27-13(11)10-25)17-20-3-2-4-21-17/h2-4,9,11,13,15H,5-8,10H2,1H3/t11-,13+/m0/s1. The summed E-state index contributed by atoms with van der Waals surface area (Å²) in [5, 5.41) is 3.72. The van der Waals surface area contributed by atoms with E-state index in [0.717, 1.165) is 0 Å². The topological polar surface area (TPSA) is 76.4 Å². The number of anilines is 1. The van der Waals surface area contributed by atoms with Gasteiger partial charge in [-0.05, 0) is 6.07 Å². The van der Waals surface area contributed by atoms with Crippen LogP contribution in [0.4, 0.5) is 14.7 Å². The summed E-state index contributed by atoms with van der Waals surface area (Å²) < 4.78 is 33.5. The van der Waals surface area contributed by atoms with Crippen molar-refractivity contribution in [2.45, 2.75) is 12.5 Å². The van der Waals surface area contributed by atoms with Crippen LogP contribution in [-0.2, 0) is 11.8 Å². The van der Waals surface area contributed by atoms with E-state index in [1.807, 2.05) is 4.90 Å². The van der Waals surface area contributed by atoms with E-state index in [4.69, 9.17) is 4.74 Å². The number of carbonyl (C=O) groups is 1. The van der Waals surface area contributed by atoms with Crippen LogP contribution in [0.5, 0.6) is 0 Å². The maximum Gasteiger partial charge on any atom is 0.282 e. The van der Waals surface area contributed by atoms with Crippen LogP contribution in [0.1, 0.15) is 22.5 Å². The lowest BCUT2D eigenvalue weighted by Crippen LogP contribution is -2.35. The summed E-state index contributed by atoms with van der Waals surface area (Å²) >= 11 is 0. The smallest absolute Gasteiger partial charge is 0.282 e. The molecular formula is C17H20F2N6O2. The Morgan fingerprint density at radius 2 is 2.04 bits per heavy atom. The number of hydrogen-bond acceptors (Lipinski definition) is 6. The van der Waals surface area contributed by atoms with Crippen LogP contribution >= 0.6 is 0 Å². The summed E-state index contributed by atoms with van der Waals surface area (Å²) in [6.45, 7) is 2.63. The van der Waals surface area contributed by atoms with Crippen molar-refractivity contribution < 1.29 is 18.3 Å². The number of halogens is 2. The van der Waals surface area contributed by atoms with E-state index in [1.54, 1.807) is 23.4 Å². The van der Waals surface area contributed by atoms with E-state index < -0.39 is 18.0 Å². The predicted octanol–water partition coefficient (Wildman–Crippen LogP) is 1.13. The molecule has 0 N–H and O–H groups in total. The molecule has 2 aliphatic heterocycles. The minimum atomic E-state index is -2.79. The number of fused-ring (bicyclic) bond motifs is 1. The lowest BCUT2D eigenvalue weighted by Gasteiger charge is -2.23. The van der Waals surface area contributed by atoms with Gasteiger partial charge in [0.1, 0.15) is 5.69 Å². The van der Waals surface area contributed by atoms with Gasteiger partial charge in [0.25, 0.3) is 12.3 Å². The van der Waals surface area contributed by atoms with Gasteiger partial charge in [-0.1, -0.05) is 0 Å². The number of rotatable bonds is 3. The van der Waals surface area contributed by atoms with Crippen molar-refractivity contribution in [3.05, 3.63) is 35.9 Å². The first-order valence-corrected chi connectivity index (χ1v) is 8.77. The number of nitrogens with zero attached hydrogens (tertiary/aromatic N) is 6. The van der Waals surface area contributed by atoms with Crippen molar-refractivity contribution in [3.8, 4) is 0 Å². The highest BCUT2D eigenvalue weighted by Gasteiger charge is 2.40. The van der Waals surface area contributed by atoms with Crippen molar-refractivity contribution in [2.24, 2.45) is 13.0 Å². The number of likely N-dealkylation sites (tertiary alicyclic amines) is 1. The first kappa shape index (κ1) is 17.8. The zero-order valence-corrected chi connectivity index (χ0v) is 14.8. The molecule has 2 aromatic heterocycles. The number of alkyl halides is 2. The van der Waals surface area contributed by atoms with Crippen molar-refractivity contribution >= 4 is 11.9 Å². The fourth-order valence-corrected chi connectivity index (χ4v) is 3.70. The third-order valence-electron chi connectivity index (χ3n) is 4.95. The Labute approximate surface area is 154 Å². The lowest BCUT2D eigenvalue weighted by atomic mass is 10.1. The van der Waals surface area contributed by atoms with Crippen LogP contribution in [0, 0.1) is 5.92 Å². The zero-order valence-electron chi connectivity index (χ0n) is 14.8. The molecule has 0 spiro atoms. The highest BCUT2D eigenvalue weighted by atomic mass is 19.3. The van der Waals surface area contributed by atoms with Gasteiger partial charge in [0.05, 0.1) is 18.3 Å². The minimum Gasteiger partial charge on any atom is -0.374 e. The van der Waals surface area contributed by atoms with Gasteiger partial charge in [0.15, 0.2) is 0 Å². The molecule has 10 heteroatoms. The SMILES string of the molecule is Cn1cc(C(=O)N2C[C@@H]3CN(c4ncccn4)CCO[C@@H]3C2)c(C(F)F)n1. The molecule has 0 saturated carbocycles. The summed E-state index contributed by atoms with van der Waals surface area (Å²) in [4.78, 5) is 25.0. The Morgan fingerprint density at radius 1 is 1.26 bits per heavy atom. The second-order valence-electron chi connectivity index (χ2n) is 6.78. The molecule has 1 amide bonds. The lowest BCUT2D eigenvalue weighted by molar-refractivity contribution is 0.0496. The van der Waals surface area contributed by atoms with Gasteiger partial charge in [0, 0.05) is 57.7 Å². The Morgan fingerprint density at radius 3 is 2.78 bits per heavy atom. The van der Waals surface area contributed by atoms with Crippen LogP contribution in [0.3, 0.4) is 0 Å². The highest BCUT2D eigenvalue weighted by Crippen LogP contribution is 2.28. The van der Waals surface area contributed by atoms with Gasteiger partial charge < -0.3 is 14.5 Å². The van der Waals surface area contributed by atoms with E-state index in [2.05, 4.69) is 15.1 Å². The molecule has 144 valence electrons. The van der Waals surface area contributed by atoms with Gasteiger partial charge in [-0.3, -0.25) is 9.48 Å². The number of amides is 1. The number of hydrogen-bond donors (Lipinski definition) is 0. The number of aromatic nitrogens is 4. The molecule has 0 radical (unpaired) electrons. The van der Waals surface area contributed by atoms with Crippen LogP contribution in [0.2, 0.25) is 0 Å². The first-order valence-electron chi connectivity index (χ1n) is 8.77. The number of aryl methyl sites for hydroxylation is 1. The van der Waals surface area contributed by atoms with Gasteiger partial charge in [-0.15, -0.1) is 0 Å². The van der Waals surface area contributed by atoms with E-state index in [9.17, 15) is 13.6 Å². The summed E-state index contributed by atoms with van der Waals surface area (Å²) in [5.41, 5.74) is -0.526. The molecule has 8 nitrogen and oxygen atoms in total.